The summed E-state index contributed by atoms with van der Waals surface area (Å²) in [5.74, 6) is 0.0666. The van der Waals surface area contributed by atoms with E-state index >= 15 is 0 Å². The standard InChI is InChI=1S/C13H20O3/c1-2-3-6-16-12-7-9-4-5-10(12)13(15)11(9)8-14/h4-5,9-12,14H,2-3,6-8H2,1H3. The smallest absolute Gasteiger partial charge is 0.148 e. The van der Waals surface area contributed by atoms with Crippen molar-refractivity contribution >= 4 is 5.78 Å². The van der Waals surface area contributed by atoms with Crippen LogP contribution >= 0.6 is 0 Å². The van der Waals surface area contributed by atoms with Gasteiger partial charge in [0.2, 0.25) is 0 Å². The fourth-order valence-electron chi connectivity index (χ4n) is 2.69. The first-order valence-electron chi connectivity index (χ1n) is 6.22. The zero-order valence-electron chi connectivity index (χ0n) is 9.76. The summed E-state index contributed by atoms with van der Waals surface area (Å²) in [7, 11) is 0. The molecule has 3 rings (SSSR count). The highest BCUT2D eigenvalue weighted by Gasteiger charge is 2.45. The van der Waals surface area contributed by atoms with E-state index in [0.29, 0.717) is 0 Å². The van der Waals surface area contributed by atoms with Crippen LogP contribution < -0.4 is 0 Å². The van der Waals surface area contributed by atoms with E-state index in [4.69, 9.17) is 4.74 Å². The monoisotopic (exact) mass is 224 g/mol. The van der Waals surface area contributed by atoms with E-state index in [9.17, 15) is 9.90 Å². The number of unbranched alkanes of at least 4 members (excludes halogenated alkanes) is 1. The van der Waals surface area contributed by atoms with Crippen molar-refractivity contribution in [3.63, 3.8) is 0 Å². The second kappa shape index (κ2) is 5.11. The lowest BCUT2D eigenvalue weighted by atomic mass is 9.67. The van der Waals surface area contributed by atoms with Crippen molar-refractivity contribution in [1.82, 2.24) is 0 Å². The number of hydrogen-bond acceptors (Lipinski definition) is 3. The lowest BCUT2D eigenvalue weighted by Crippen LogP contribution is -2.47. The van der Waals surface area contributed by atoms with Crippen LogP contribution in [0.1, 0.15) is 26.2 Å². The van der Waals surface area contributed by atoms with Crippen LogP contribution in [0.3, 0.4) is 0 Å². The molecule has 3 heteroatoms. The minimum Gasteiger partial charge on any atom is -0.396 e. The minimum absolute atomic E-state index is 0.0218. The van der Waals surface area contributed by atoms with Crippen molar-refractivity contribution in [2.24, 2.45) is 17.8 Å². The molecule has 90 valence electrons. The van der Waals surface area contributed by atoms with Gasteiger partial charge < -0.3 is 9.84 Å². The van der Waals surface area contributed by atoms with Gasteiger partial charge in [0, 0.05) is 12.5 Å². The summed E-state index contributed by atoms with van der Waals surface area (Å²) in [5.41, 5.74) is 0. The molecular formula is C13H20O3. The van der Waals surface area contributed by atoms with Crippen LogP contribution in [-0.4, -0.2) is 30.2 Å². The number of aliphatic hydroxyl groups is 1. The number of Topliss-reactive ketones (excluding diaryl/α,β-unsaturated/α-hetero) is 1. The van der Waals surface area contributed by atoms with Crippen molar-refractivity contribution in [3.05, 3.63) is 12.2 Å². The molecule has 0 aromatic carbocycles. The first kappa shape index (κ1) is 11.8. The van der Waals surface area contributed by atoms with E-state index in [-0.39, 0.29) is 36.2 Å². The van der Waals surface area contributed by atoms with Gasteiger partial charge in [0.1, 0.15) is 5.78 Å². The zero-order valence-corrected chi connectivity index (χ0v) is 9.76. The second-order valence-corrected chi connectivity index (χ2v) is 4.76. The fourth-order valence-corrected chi connectivity index (χ4v) is 2.69. The van der Waals surface area contributed by atoms with Crippen LogP contribution in [0.25, 0.3) is 0 Å². The van der Waals surface area contributed by atoms with Gasteiger partial charge in [-0.05, 0) is 18.8 Å². The number of rotatable bonds is 5. The topological polar surface area (TPSA) is 46.5 Å². The predicted molar refractivity (Wildman–Crippen MR) is 61.0 cm³/mol. The third-order valence-electron chi connectivity index (χ3n) is 3.71. The van der Waals surface area contributed by atoms with Gasteiger partial charge in [-0.3, -0.25) is 4.79 Å². The molecule has 3 aliphatic carbocycles. The number of ketones is 1. The van der Waals surface area contributed by atoms with Gasteiger partial charge in [-0.1, -0.05) is 25.5 Å². The average molecular weight is 224 g/mol. The Morgan fingerprint density at radius 2 is 2.31 bits per heavy atom. The molecule has 1 N–H and O–H groups in total. The van der Waals surface area contributed by atoms with Crippen LogP contribution in [0.4, 0.5) is 0 Å². The summed E-state index contributed by atoms with van der Waals surface area (Å²) in [5, 5.41) is 9.19. The maximum absolute atomic E-state index is 12.0. The van der Waals surface area contributed by atoms with Crippen LogP contribution in [0.5, 0.6) is 0 Å². The van der Waals surface area contributed by atoms with E-state index in [1.807, 2.05) is 6.08 Å². The maximum Gasteiger partial charge on any atom is 0.148 e. The van der Waals surface area contributed by atoms with Gasteiger partial charge in [-0.15, -0.1) is 0 Å². The average Bonchev–Trinajstić information content (AvgIpc) is 2.30. The van der Waals surface area contributed by atoms with E-state index < -0.39 is 0 Å². The van der Waals surface area contributed by atoms with Crippen LogP contribution in [0, 0.1) is 17.8 Å². The summed E-state index contributed by atoms with van der Waals surface area (Å²) in [4.78, 5) is 12.0. The van der Waals surface area contributed by atoms with Crippen LogP contribution in [-0.2, 0) is 9.53 Å². The minimum atomic E-state index is -0.180. The molecule has 0 saturated heterocycles. The molecular weight excluding hydrogens is 204 g/mol. The molecule has 0 radical (unpaired) electrons. The molecule has 0 spiro atoms. The second-order valence-electron chi connectivity index (χ2n) is 4.76. The molecule has 1 saturated carbocycles. The molecule has 3 aliphatic rings. The van der Waals surface area contributed by atoms with Crippen molar-refractivity contribution < 1.29 is 14.6 Å². The number of ether oxygens (including phenoxy) is 1. The molecule has 0 aromatic rings. The molecule has 1 fully saturated rings. The fraction of sp³-hybridized carbons (Fsp3) is 0.769. The van der Waals surface area contributed by atoms with Crippen LogP contribution in [0.2, 0.25) is 0 Å². The SMILES string of the molecule is CCCCOC1CC2C=CC1C(=O)C2CO. The lowest BCUT2D eigenvalue weighted by Gasteiger charge is -2.41. The molecule has 4 atom stereocenters. The highest BCUT2D eigenvalue weighted by molar-refractivity contribution is 5.88. The molecule has 0 aliphatic heterocycles. The van der Waals surface area contributed by atoms with Gasteiger partial charge >= 0.3 is 0 Å². The van der Waals surface area contributed by atoms with Gasteiger partial charge in [-0.25, -0.2) is 0 Å². The normalized spacial score (nSPS) is 37.0. The Labute approximate surface area is 96.5 Å². The zero-order chi connectivity index (χ0) is 11.5. The van der Waals surface area contributed by atoms with Crippen molar-refractivity contribution in [2.45, 2.75) is 32.3 Å². The number of aliphatic hydroxyl groups excluding tert-OH is 1. The number of hydrogen-bond donors (Lipinski definition) is 1. The summed E-state index contributed by atoms with van der Waals surface area (Å²) >= 11 is 0. The Balaban J connectivity index is 1.96. The third kappa shape index (κ3) is 2.06. The molecule has 0 amide bonds. The number of allylic oxidation sites excluding steroid dienone is 1. The van der Waals surface area contributed by atoms with E-state index in [1.54, 1.807) is 0 Å². The third-order valence-corrected chi connectivity index (χ3v) is 3.71. The summed E-state index contributed by atoms with van der Waals surface area (Å²) in [6, 6.07) is 0. The van der Waals surface area contributed by atoms with Gasteiger partial charge in [0.25, 0.3) is 0 Å². The van der Waals surface area contributed by atoms with Gasteiger partial charge in [-0.2, -0.15) is 0 Å². The van der Waals surface area contributed by atoms with E-state index in [2.05, 4.69) is 13.0 Å². The first-order chi connectivity index (χ1) is 7.77. The van der Waals surface area contributed by atoms with E-state index in [0.717, 1.165) is 25.9 Å². The number of carbonyl (C=O) groups is 1. The van der Waals surface area contributed by atoms with E-state index in [1.165, 1.54) is 0 Å². The number of fused-ring (bicyclic) bond motifs is 2. The quantitative estimate of drug-likeness (QED) is 0.569. The Hall–Kier alpha value is -0.670. The van der Waals surface area contributed by atoms with Gasteiger partial charge in [0.15, 0.2) is 0 Å². The largest absolute Gasteiger partial charge is 0.396 e. The Kier molecular flexibility index (Phi) is 3.77. The Morgan fingerprint density at radius 3 is 2.94 bits per heavy atom. The highest BCUT2D eigenvalue weighted by atomic mass is 16.5. The highest BCUT2D eigenvalue weighted by Crippen LogP contribution is 2.39. The lowest BCUT2D eigenvalue weighted by molar-refractivity contribution is -0.140. The van der Waals surface area contributed by atoms with Crippen molar-refractivity contribution in [2.75, 3.05) is 13.2 Å². The molecule has 3 nitrogen and oxygen atoms in total. The molecule has 0 aromatic heterocycles. The summed E-state index contributed by atoms with van der Waals surface area (Å²) in [6.07, 6.45) is 7.16. The van der Waals surface area contributed by atoms with Gasteiger partial charge in [0.05, 0.1) is 18.6 Å². The maximum atomic E-state index is 12.0. The molecule has 0 heterocycles. The van der Waals surface area contributed by atoms with Crippen LogP contribution in [0.15, 0.2) is 12.2 Å². The number of carbonyl (C=O) groups excluding carboxylic acids is 1. The molecule has 4 unspecified atom stereocenters. The first-order valence-corrected chi connectivity index (χ1v) is 6.22. The van der Waals surface area contributed by atoms with Crippen molar-refractivity contribution in [3.8, 4) is 0 Å². The Morgan fingerprint density at radius 1 is 1.50 bits per heavy atom. The molecule has 16 heavy (non-hydrogen) atoms. The molecule has 2 bridgehead atoms. The summed E-state index contributed by atoms with van der Waals surface area (Å²) in [6.45, 7) is 2.85. The predicted octanol–water partition coefficient (Wildman–Crippen LogP) is 1.56. The summed E-state index contributed by atoms with van der Waals surface area (Å²) < 4.78 is 5.77. The Bertz CT molecular complexity index is 285. The van der Waals surface area contributed by atoms with Crippen molar-refractivity contribution in [1.29, 1.82) is 0 Å².